The van der Waals surface area contributed by atoms with E-state index in [-0.39, 0.29) is 12.0 Å². The summed E-state index contributed by atoms with van der Waals surface area (Å²) in [6.45, 7) is 6.64. The highest BCUT2D eigenvalue weighted by molar-refractivity contribution is 6.15. The summed E-state index contributed by atoms with van der Waals surface area (Å²) >= 11 is 0. The molecular formula is C19H21N3O4. The maximum absolute atomic E-state index is 13.0. The van der Waals surface area contributed by atoms with E-state index in [1.807, 2.05) is 6.07 Å². The molecule has 1 aliphatic rings. The van der Waals surface area contributed by atoms with Gasteiger partial charge in [-0.05, 0) is 36.8 Å². The molecule has 1 aliphatic heterocycles. The number of imide groups is 1. The Morgan fingerprint density at radius 3 is 2.27 bits per heavy atom. The van der Waals surface area contributed by atoms with E-state index in [1.54, 1.807) is 52.0 Å². The molecule has 7 nitrogen and oxygen atoms in total. The van der Waals surface area contributed by atoms with Crippen LogP contribution in [0.1, 0.15) is 34.1 Å². The molecule has 0 aromatic heterocycles. The first-order valence-corrected chi connectivity index (χ1v) is 8.07. The van der Waals surface area contributed by atoms with Gasteiger partial charge >= 0.3 is 0 Å². The number of ether oxygens (including phenoxy) is 1. The van der Waals surface area contributed by atoms with Crippen molar-refractivity contribution < 1.29 is 19.1 Å². The molecule has 1 aromatic carbocycles. The van der Waals surface area contributed by atoms with E-state index < -0.39 is 23.1 Å². The van der Waals surface area contributed by atoms with E-state index in [1.165, 1.54) is 7.11 Å². The minimum absolute atomic E-state index is 0.0985. The predicted molar refractivity (Wildman–Crippen MR) is 94.7 cm³/mol. The highest BCUT2D eigenvalue weighted by Crippen LogP contribution is 2.30. The van der Waals surface area contributed by atoms with Gasteiger partial charge in [0.1, 0.15) is 17.4 Å². The molecule has 1 heterocycles. The molecule has 0 atom stereocenters. The van der Waals surface area contributed by atoms with Gasteiger partial charge in [-0.1, -0.05) is 20.8 Å². The lowest BCUT2D eigenvalue weighted by Crippen LogP contribution is -2.57. The monoisotopic (exact) mass is 355 g/mol. The van der Waals surface area contributed by atoms with Crippen LogP contribution in [0.15, 0.2) is 35.4 Å². The number of carbonyl (C=O) groups excluding carboxylic acids is 3. The van der Waals surface area contributed by atoms with Crippen LogP contribution in [0.5, 0.6) is 5.75 Å². The minimum Gasteiger partial charge on any atom is -0.497 e. The van der Waals surface area contributed by atoms with Crippen molar-refractivity contribution in [1.29, 1.82) is 5.26 Å². The van der Waals surface area contributed by atoms with E-state index in [4.69, 9.17) is 4.74 Å². The topological polar surface area (TPSA) is 90.7 Å². The molecule has 136 valence electrons. The van der Waals surface area contributed by atoms with Crippen LogP contribution in [0.2, 0.25) is 0 Å². The van der Waals surface area contributed by atoms with Gasteiger partial charge in [0.05, 0.1) is 19.2 Å². The molecule has 2 rings (SSSR count). The van der Waals surface area contributed by atoms with Crippen LogP contribution < -0.4 is 9.75 Å². The Balaban J connectivity index is 2.60. The van der Waals surface area contributed by atoms with Gasteiger partial charge in [0.2, 0.25) is 0 Å². The zero-order valence-corrected chi connectivity index (χ0v) is 15.5. The second-order valence-corrected chi connectivity index (χ2v) is 7.02. The van der Waals surface area contributed by atoms with Crippen LogP contribution in [0.25, 0.3) is 0 Å². The Morgan fingerprint density at radius 2 is 1.81 bits per heavy atom. The SMILES string of the molecule is COc1ccc(N(C(=O)C(C)(C)C)N2C(=O)CC(C)=C(C#N)C2=O)cc1. The van der Waals surface area contributed by atoms with Crippen molar-refractivity contribution in [3.63, 3.8) is 0 Å². The number of nitriles is 1. The number of carbonyl (C=O) groups is 3. The lowest BCUT2D eigenvalue weighted by Gasteiger charge is -2.38. The molecule has 0 bridgehead atoms. The van der Waals surface area contributed by atoms with Gasteiger partial charge in [0, 0.05) is 5.41 Å². The summed E-state index contributed by atoms with van der Waals surface area (Å²) in [6.07, 6.45) is -0.0985. The molecule has 0 N–H and O–H groups in total. The third-order valence-corrected chi connectivity index (χ3v) is 3.95. The van der Waals surface area contributed by atoms with E-state index in [0.717, 1.165) is 10.0 Å². The molecule has 7 heteroatoms. The van der Waals surface area contributed by atoms with Crippen molar-refractivity contribution in [2.45, 2.75) is 34.1 Å². The van der Waals surface area contributed by atoms with Gasteiger partial charge in [0.15, 0.2) is 0 Å². The van der Waals surface area contributed by atoms with Gasteiger partial charge in [-0.25, -0.2) is 5.01 Å². The minimum atomic E-state index is -0.858. The largest absolute Gasteiger partial charge is 0.497 e. The Bertz CT molecular complexity index is 826. The van der Waals surface area contributed by atoms with E-state index >= 15 is 0 Å². The zero-order chi connectivity index (χ0) is 19.6. The van der Waals surface area contributed by atoms with Crippen molar-refractivity contribution >= 4 is 23.4 Å². The van der Waals surface area contributed by atoms with E-state index in [9.17, 15) is 19.6 Å². The van der Waals surface area contributed by atoms with Gasteiger partial charge in [-0.15, -0.1) is 0 Å². The Kier molecular flexibility index (Phi) is 5.17. The third-order valence-electron chi connectivity index (χ3n) is 3.95. The average Bonchev–Trinajstić information content (AvgIpc) is 2.57. The number of rotatable bonds is 3. The van der Waals surface area contributed by atoms with E-state index in [2.05, 4.69) is 0 Å². The Hall–Kier alpha value is -3.14. The molecule has 0 aliphatic carbocycles. The summed E-state index contributed by atoms with van der Waals surface area (Å²) in [6, 6.07) is 8.26. The zero-order valence-electron chi connectivity index (χ0n) is 15.5. The summed E-state index contributed by atoms with van der Waals surface area (Å²) in [4.78, 5) is 38.4. The van der Waals surface area contributed by atoms with Gasteiger partial charge < -0.3 is 4.74 Å². The first-order chi connectivity index (χ1) is 12.1. The number of benzene rings is 1. The molecule has 0 radical (unpaired) electrons. The van der Waals surface area contributed by atoms with Crippen LogP contribution >= 0.6 is 0 Å². The predicted octanol–water partition coefficient (Wildman–Crippen LogP) is 2.59. The first-order valence-electron chi connectivity index (χ1n) is 8.07. The highest BCUT2D eigenvalue weighted by Gasteiger charge is 2.41. The molecule has 0 unspecified atom stereocenters. The number of amides is 3. The number of hydrazine groups is 1. The number of hydrogen-bond acceptors (Lipinski definition) is 5. The van der Waals surface area contributed by atoms with Crippen LogP contribution in [-0.2, 0) is 14.4 Å². The summed E-state index contributed by atoms with van der Waals surface area (Å²) < 4.78 is 5.11. The molecule has 1 aromatic rings. The fourth-order valence-electron chi connectivity index (χ4n) is 2.50. The molecule has 26 heavy (non-hydrogen) atoms. The quantitative estimate of drug-likeness (QED) is 0.777. The first kappa shape index (κ1) is 19.2. The molecular weight excluding hydrogens is 334 g/mol. The Labute approximate surface area is 152 Å². The standard InChI is InChI=1S/C19H21N3O4/c1-12-10-16(23)22(17(24)15(12)11-20)21(18(25)19(2,3)4)13-6-8-14(26-5)9-7-13/h6-9H,10H2,1-5H3. The Morgan fingerprint density at radius 1 is 1.23 bits per heavy atom. The summed E-state index contributed by atoms with van der Waals surface area (Å²) in [5.74, 6) is -1.22. The molecule has 0 spiro atoms. The van der Waals surface area contributed by atoms with Crippen LogP contribution in [-0.4, -0.2) is 29.8 Å². The van der Waals surface area contributed by atoms with Gasteiger partial charge in [-0.2, -0.15) is 10.3 Å². The fourth-order valence-corrected chi connectivity index (χ4v) is 2.50. The van der Waals surface area contributed by atoms with Crippen molar-refractivity contribution in [2.75, 3.05) is 12.1 Å². The smallest absolute Gasteiger partial charge is 0.290 e. The van der Waals surface area contributed by atoms with Crippen LogP contribution in [0.3, 0.4) is 0 Å². The lowest BCUT2D eigenvalue weighted by molar-refractivity contribution is -0.149. The second-order valence-electron chi connectivity index (χ2n) is 7.02. The normalized spacial score (nSPS) is 15.0. The molecule has 3 amide bonds. The van der Waals surface area contributed by atoms with Crippen molar-refractivity contribution in [1.82, 2.24) is 5.01 Å². The van der Waals surface area contributed by atoms with Crippen LogP contribution in [0, 0.1) is 16.7 Å². The summed E-state index contributed by atoms with van der Waals surface area (Å²) in [7, 11) is 1.51. The van der Waals surface area contributed by atoms with Gasteiger partial charge in [-0.3, -0.25) is 14.4 Å². The lowest BCUT2D eigenvalue weighted by atomic mass is 9.94. The number of anilines is 1. The van der Waals surface area contributed by atoms with Gasteiger partial charge in [0.25, 0.3) is 17.7 Å². The third kappa shape index (κ3) is 3.45. The maximum atomic E-state index is 13.0. The second kappa shape index (κ2) is 7.00. The van der Waals surface area contributed by atoms with Crippen molar-refractivity contribution in [3.8, 4) is 11.8 Å². The maximum Gasteiger partial charge on any atom is 0.290 e. The summed E-state index contributed by atoms with van der Waals surface area (Å²) in [5, 5.41) is 11.1. The number of nitrogens with zero attached hydrogens (tertiary/aromatic N) is 3. The average molecular weight is 355 g/mol. The highest BCUT2D eigenvalue weighted by atomic mass is 16.5. The molecule has 0 fully saturated rings. The number of methoxy groups -OCH3 is 1. The molecule has 0 saturated carbocycles. The van der Waals surface area contributed by atoms with Crippen molar-refractivity contribution in [3.05, 3.63) is 35.4 Å². The van der Waals surface area contributed by atoms with Crippen LogP contribution in [0.4, 0.5) is 5.69 Å². The van der Waals surface area contributed by atoms with Crippen molar-refractivity contribution in [2.24, 2.45) is 5.41 Å². The molecule has 0 saturated heterocycles. The van der Waals surface area contributed by atoms with E-state index in [0.29, 0.717) is 17.0 Å². The fraction of sp³-hybridized carbons (Fsp3) is 0.368. The summed E-state index contributed by atoms with van der Waals surface area (Å²) in [5.41, 5.74) is -0.241. The number of hydrogen-bond donors (Lipinski definition) is 0.